The van der Waals surface area contributed by atoms with Gasteiger partial charge in [-0.05, 0) is 36.4 Å². The molecule has 2 aromatic carbocycles. The van der Waals surface area contributed by atoms with E-state index in [9.17, 15) is 13.7 Å². The standard InChI is InChI=1S/C17H13Cl2NO4S/c1-23-13-5-3-11(16(9-13)24-2)7-14(10-20)25(21,22)17-8-12(18)4-6-15(17)19/h3-9H,1-2H3/b14-7+. The molecule has 5 nitrogen and oxygen atoms in total. The second-order valence-corrected chi connectivity index (χ2v) is 7.54. The molecule has 0 unspecified atom stereocenters. The zero-order chi connectivity index (χ0) is 18.6. The van der Waals surface area contributed by atoms with Crippen molar-refractivity contribution in [1.82, 2.24) is 0 Å². The molecule has 0 fully saturated rings. The Hall–Kier alpha value is -2.20. The van der Waals surface area contributed by atoms with Crippen molar-refractivity contribution >= 4 is 39.1 Å². The minimum atomic E-state index is -4.15. The van der Waals surface area contributed by atoms with Crippen LogP contribution in [0.25, 0.3) is 6.08 Å². The lowest BCUT2D eigenvalue weighted by Crippen LogP contribution is -2.04. The van der Waals surface area contributed by atoms with Crippen LogP contribution in [0.2, 0.25) is 10.0 Å². The van der Waals surface area contributed by atoms with Gasteiger partial charge in [0, 0.05) is 16.7 Å². The third kappa shape index (κ3) is 4.07. The zero-order valence-electron chi connectivity index (χ0n) is 13.3. The summed E-state index contributed by atoms with van der Waals surface area (Å²) < 4.78 is 35.8. The van der Waals surface area contributed by atoms with E-state index in [0.717, 1.165) is 0 Å². The topological polar surface area (TPSA) is 76.4 Å². The van der Waals surface area contributed by atoms with E-state index in [1.54, 1.807) is 24.3 Å². The van der Waals surface area contributed by atoms with E-state index in [1.807, 2.05) is 0 Å². The summed E-state index contributed by atoms with van der Waals surface area (Å²) in [6.07, 6.45) is 1.21. The van der Waals surface area contributed by atoms with E-state index >= 15 is 0 Å². The highest BCUT2D eigenvalue weighted by Crippen LogP contribution is 2.32. The van der Waals surface area contributed by atoms with Gasteiger partial charge < -0.3 is 9.47 Å². The van der Waals surface area contributed by atoms with Crippen molar-refractivity contribution in [3.05, 3.63) is 56.9 Å². The van der Waals surface area contributed by atoms with E-state index in [2.05, 4.69) is 0 Å². The molecule has 0 radical (unpaired) electrons. The predicted molar refractivity (Wildman–Crippen MR) is 96.8 cm³/mol. The van der Waals surface area contributed by atoms with Crippen LogP contribution in [0.4, 0.5) is 0 Å². The molecule has 0 aliphatic rings. The normalized spacial score (nSPS) is 11.7. The maximum absolute atomic E-state index is 12.8. The first-order chi connectivity index (χ1) is 11.8. The smallest absolute Gasteiger partial charge is 0.218 e. The van der Waals surface area contributed by atoms with E-state index < -0.39 is 14.7 Å². The summed E-state index contributed by atoms with van der Waals surface area (Å²) >= 11 is 11.8. The minimum absolute atomic E-state index is 0.0211. The summed E-state index contributed by atoms with van der Waals surface area (Å²) in [5.41, 5.74) is 0.404. The Balaban J connectivity index is 2.61. The number of sulfone groups is 1. The fourth-order valence-corrected chi connectivity index (χ4v) is 3.96. The summed E-state index contributed by atoms with van der Waals surface area (Å²) in [4.78, 5) is -0.720. The highest BCUT2D eigenvalue weighted by molar-refractivity contribution is 7.95. The third-order valence-corrected chi connectivity index (χ3v) is 5.69. The van der Waals surface area contributed by atoms with Crippen LogP contribution in [0.3, 0.4) is 0 Å². The number of methoxy groups -OCH3 is 2. The molecule has 8 heteroatoms. The number of nitriles is 1. The van der Waals surface area contributed by atoms with Gasteiger partial charge in [0.25, 0.3) is 0 Å². The Bertz CT molecular complexity index is 979. The van der Waals surface area contributed by atoms with Crippen molar-refractivity contribution in [3.63, 3.8) is 0 Å². The first kappa shape index (κ1) is 19.1. The number of ether oxygens (including phenoxy) is 2. The van der Waals surface area contributed by atoms with E-state index in [4.69, 9.17) is 32.7 Å². The highest BCUT2D eigenvalue weighted by Gasteiger charge is 2.24. The number of hydrogen-bond acceptors (Lipinski definition) is 5. The molecule has 0 heterocycles. The molecule has 0 atom stereocenters. The van der Waals surface area contributed by atoms with Crippen molar-refractivity contribution in [2.24, 2.45) is 0 Å². The lowest BCUT2D eigenvalue weighted by atomic mass is 10.2. The number of benzene rings is 2. The Morgan fingerprint density at radius 2 is 1.84 bits per heavy atom. The molecule has 25 heavy (non-hydrogen) atoms. The van der Waals surface area contributed by atoms with Gasteiger partial charge in [-0.25, -0.2) is 8.42 Å². The monoisotopic (exact) mass is 397 g/mol. The van der Waals surface area contributed by atoms with E-state index in [1.165, 1.54) is 38.5 Å². The Morgan fingerprint density at radius 3 is 2.44 bits per heavy atom. The first-order valence-electron chi connectivity index (χ1n) is 6.87. The van der Waals surface area contributed by atoms with Gasteiger partial charge >= 0.3 is 0 Å². The molecule has 0 spiro atoms. The van der Waals surface area contributed by atoms with E-state index in [-0.39, 0.29) is 14.9 Å². The Kier molecular flexibility index (Phi) is 5.96. The summed E-state index contributed by atoms with van der Waals surface area (Å²) in [5, 5.41) is 9.55. The van der Waals surface area contributed by atoms with Crippen molar-refractivity contribution in [3.8, 4) is 17.6 Å². The molecule has 0 aromatic heterocycles. The highest BCUT2D eigenvalue weighted by atomic mass is 35.5. The van der Waals surface area contributed by atoms with Crippen LogP contribution in [-0.4, -0.2) is 22.6 Å². The lowest BCUT2D eigenvalue weighted by molar-refractivity contribution is 0.394. The largest absolute Gasteiger partial charge is 0.497 e. The summed E-state index contributed by atoms with van der Waals surface area (Å²) in [7, 11) is -1.22. The molecule has 0 bridgehead atoms. The molecule has 0 aliphatic carbocycles. The van der Waals surface area contributed by atoms with Gasteiger partial charge in [-0.15, -0.1) is 0 Å². The lowest BCUT2D eigenvalue weighted by Gasteiger charge is -2.09. The molecule has 2 rings (SSSR count). The second kappa shape index (κ2) is 7.79. The second-order valence-electron chi connectivity index (χ2n) is 4.81. The third-order valence-electron chi connectivity index (χ3n) is 3.31. The van der Waals surface area contributed by atoms with E-state index in [0.29, 0.717) is 17.1 Å². The van der Waals surface area contributed by atoms with Crippen LogP contribution in [0, 0.1) is 11.3 Å². The van der Waals surface area contributed by atoms with Gasteiger partial charge in [-0.1, -0.05) is 23.2 Å². The number of halogens is 2. The zero-order valence-corrected chi connectivity index (χ0v) is 15.6. The number of hydrogen-bond donors (Lipinski definition) is 0. The van der Waals surface area contributed by atoms with Gasteiger partial charge in [0.1, 0.15) is 22.5 Å². The molecule has 130 valence electrons. The number of allylic oxidation sites excluding steroid dienone is 1. The molecule has 2 aromatic rings. The van der Waals surface area contributed by atoms with Crippen LogP contribution >= 0.6 is 23.2 Å². The first-order valence-corrected chi connectivity index (χ1v) is 9.11. The fraction of sp³-hybridized carbons (Fsp3) is 0.118. The van der Waals surface area contributed by atoms with Crippen LogP contribution in [0.15, 0.2) is 46.2 Å². The van der Waals surface area contributed by atoms with Crippen molar-refractivity contribution in [2.45, 2.75) is 4.90 Å². The van der Waals surface area contributed by atoms with Gasteiger partial charge in [-0.2, -0.15) is 5.26 Å². The Morgan fingerprint density at radius 1 is 1.12 bits per heavy atom. The van der Waals surface area contributed by atoms with Crippen molar-refractivity contribution < 1.29 is 17.9 Å². The van der Waals surface area contributed by atoms with Crippen LogP contribution in [0.5, 0.6) is 11.5 Å². The maximum Gasteiger partial charge on any atom is 0.218 e. The van der Waals surface area contributed by atoms with Crippen LogP contribution in [-0.2, 0) is 9.84 Å². The molecular formula is C17H13Cl2NO4S. The van der Waals surface area contributed by atoms with Crippen LogP contribution in [0.1, 0.15) is 5.56 Å². The maximum atomic E-state index is 12.8. The molecular weight excluding hydrogens is 385 g/mol. The average molecular weight is 398 g/mol. The fourth-order valence-electron chi connectivity index (χ4n) is 2.05. The number of nitrogens with zero attached hydrogens (tertiary/aromatic N) is 1. The molecule has 0 saturated carbocycles. The molecule has 0 aliphatic heterocycles. The summed E-state index contributed by atoms with van der Waals surface area (Å²) in [6.45, 7) is 0. The predicted octanol–water partition coefficient (Wildman–Crippen LogP) is 4.35. The molecule has 0 saturated heterocycles. The Labute approximate surface area is 155 Å². The van der Waals surface area contributed by atoms with Crippen LogP contribution < -0.4 is 9.47 Å². The van der Waals surface area contributed by atoms with Crippen molar-refractivity contribution in [1.29, 1.82) is 5.26 Å². The summed E-state index contributed by atoms with van der Waals surface area (Å²) in [5.74, 6) is 0.896. The average Bonchev–Trinajstić information content (AvgIpc) is 2.61. The molecule has 0 amide bonds. The quantitative estimate of drug-likeness (QED) is 0.700. The van der Waals surface area contributed by atoms with Gasteiger partial charge in [0.15, 0.2) is 0 Å². The van der Waals surface area contributed by atoms with Gasteiger partial charge in [0.05, 0.1) is 24.1 Å². The van der Waals surface area contributed by atoms with Gasteiger partial charge in [0.2, 0.25) is 9.84 Å². The van der Waals surface area contributed by atoms with Crippen molar-refractivity contribution in [2.75, 3.05) is 14.2 Å². The minimum Gasteiger partial charge on any atom is -0.497 e. The van der Waals surface area contributed by atoms with Gasteiger partial charge in [-0.3, -0.25) is 0 Å². The molecule has 0 N–H and O–H groups in total. The number of rotatable bonds is 5. The SMILES string of the molecule is COc1ccc(/C=C(\C#N)S(=O)(=O)c2cc(Cl)ccc2Cl)c(OC)c1. The summed E-state index contributed by atoms with van der Waals surface area (Å²) in [6, 6.07) is 10.5.